The molecule has 0 radical (unpaired) electrons. The number of halogens is 2. The van der Waals surface area contributed by atoms with Gasteiger partial charge in [-0.3, -0.25) is 9.97 Å². The van der Waals surface area contributed by atoms with Crippen molar-refractivity contribution in [3.05, 3.63) is 60.1 Å². The number of rotatable bonds is 4. The molecule has 0 saturated heterocycles. The summed E-state index contributed by atoms with van der Waals surface area (Å²) in [5, 5.41) is 12.9. The van der Waals surface area contributed by atoms with Crippen LogP contribution in [0.3, 0.4) is 0 Å². The third-order valence-electron chi connectivity index (χ3n) is 3.15. The first-order chi connectivity index (χ1) is 10.6. The van der Waals surface area contributed by atoms with E-state index in [1.165, 1.54) is 6.20 Å². The Morgan fingerprint density at radius 1 is 1.09 bits per heavy atom. The van der Waals surface area contributed by atoms with Crippen molar-refractivity contribution in [1.29, 1.82) is 0 Å². The molecule has 1 aromatic carbocycles. The summed E-state index contributed by atoms with van der Waals surface area (Å²) in [7, 11) is 0. The maximum atomic E-state index is 13.2. The Hall–Kier alpha value is -2.67. The first-order valence-electron chi connectivity index (χ1n) is 6.57. The van der Waals surface area contributed by atoms with Crippen LogP contribution in [0.1, 0.15) is 11.7 Å². The highest BCUT2D eigenvalue weighted by molar-refractivity contribution is 5.75. The molecule has 3 aromatic rings. The molecule has 112 valence electrons. The van der Waals surface area contributed by atoms with Gasteiger partial charge in [0.15, 0.2) is 11.6 Å². The van der Waals surface area contributed by atoms with Gasteiger partial charge < -0.3 is 10.4 Å². The normalized spacial score (nSPS) is 12.3. The molecule has 0 bridgehead atoms. The fourth-order valence-corrected chi connectivity index (χ4v) is 2.00. The molecule has 0 saturated carbocycles. The van der Waals surface area contributed by atoms with E-state index in [0.29, 0.717) is 11.4 Å². The number of aliphatic hydroxyl groups is 1. The monoisotopic (exact) mass is 302 g/mol. The highest BCUT2D eigenvalue weighted by Gasteiger charge is 2.09. The molecule has 3 rings (SSSR count). The van der Waals surface area contributed by atoms with Gasteiger partial charge in [0, 0.05) is 31.1 Å². The van der Waals surface area contributed by atoms with Crippen LogP contribution in [0.5, 0.6) is 0 Å². The molecule has 5 nitrogen and oxygen atoms in total. The number of benzene rings is 1. The third-order valence-corrected chi connectivity index (χ3v) is 3.15. The number of anilines is 1. The van der Waals surface area contributed by atoms with Gasteiger partial charge in [-0.05, 0) is 17.7 Å². The topological polar surface area (TPSA) is 70.9 Å². The summed E-state index contributed by atoms with van der Waals surface area (Å²) < 4.78 is 26.3. The molecule has 22 heavy (non-hydrogen) atoms. The van der Waals surface area contributed by atoms with Crippen LogP contribution in [-0.4, -0.2) is 26.6 Å². The summed E-state index contributed by atoms with van der Waals surface area (Å²) in [6.45, 7) is 0.202. The largest absolute Gasteiger partial charge is 0.387 e. The molecule has 2 N–H and O–H groups in total. The lowest BCUT2D eigenvalue weighted by molar-refractivity contribution is 0.191. The molecule has 0 aliphatic heterocycles. The molecule has 0 aliphatic rings. The molecule has 2 aromatic heterocycles. The second kappa shape index (κ2) is 5.98. The van der Waals surface area contributed by atoms with Gasteiger partial charge in [0.1, 0.15) is 5.82 Å². The summed E-state index contributed by atoms with van der Waals surface area (Å²) >= 11 is 0. The maximum absolute atomic E-state index is 13.2. The van der Waals surface area contributed by atoms with Crippen LogP contribution in [-0.2, 0) is 0 Å². The summed E-state index contributed by atoms with van der Waals surface area (Å²) in [5.41, 5.74) is 1.21. The van der Waals surface area contributed by atoms with E-state index in [1.807, 2.05) is 0 Å². The molecule has 7 heteroatoms. The van der Waals surface area contributed by atoms with Gasteiger partial charge in [-0.25, -0.2) is 13.8 Å². The first-order valence-corrected chi connectivity index (χ1v) is 6.57. The van der Waals surface area contributed by atoms with Crippen molar-refractivity contribution in [2.45, 2.75) is 6.10 Å². The van der Waals surface area contributed by atoms with E-state index in [9.17, 15) is 13.9 Å². The molecular formula is C15H12F2N4O. The van der Waals surface area contributed by atoms with E-state index in [0.717, 1.165) is 12.1 Å². The van der Waals surface area contributed by atoms with Crippen molar-refractivity contribution < 1.29 is 13.9 Å². The molecule has 0 spiro atoms. The lowest BCUT2D eigenvalue weighted by Crippen LogP contribution is -2.13. The minimum atomic E-state index is -0.976. The minimum absolute atomic E-state index is 0.202. The molecule has 0 aliphatic carbocycles. The quantitative estimate of drug-likeness (QED) is 0.774. The van der Waals surface area contributed by atoms with Gasteiger partial charge in [0.2, 0.25) is 0 Å². The lowest BCUT2D eigenvalue weighted by Gasteiger charge is -2.12. The zero-order chi connectivity index (χ0) is 15.5. The SMILES string of the molecule is O[C@@H](CNc1cnc2cc(F)c(F)cc2n1)c1ccncc1. The van der Waals surface area contributed by atoms with E-state index in [2.05, 4.69) is 20.3 Å². The van der Waals surface area contributed by atoms with Crippen molar-refractivity contribution in [3.8, 4) is 0 Å². The van der Waals surface area contributed by atoms with Gasteiger partial charge >= 0.3 is 0 Å². The number of aliphatic hydroxyl groups excluding tert-OH is 1. The lowest BCUT2D eigenvalue weighted by atomic mass is 10.1. The van der Waals surface area contributed by atoms with Crippen LogP contribution >= 0.6 is 0 Å². The molecule has 0 unspecified atom stereocenters. The van der Waals surface area contributed by atoms with Crippen LogP contribution in [0.15, 0.2) is 42.9 Å². The van der Waals surface area contributed by atoms with E-state index < -0.39 is 17.7 Å². The molecule has 2 heterocycles. The van der Waals surface area contributed by atoms with Crippen LogP contribution in [0.4, 0.5) is 14.6 Å². The second-order valence-electron chi connectivity index (χ2n) is 4.69. The van der Waals surface area contributed by atoms with E-state index in [4.69, 9.17) is 0 Å². The standard InChI is InChI=1S/C15H12F2N4O/c16-10-5-12-13(6-11(10)17)21-15(8-19-12)20-7-14(22)9-1-3-18-4-2-9/h1-6,8,14,22H,7H2,(H,20,21)/t14-/m0/s1. The maximum Gasteiger partial charge on any atom is 0.161 e. The average molecular weight is 302 g/mol. The van der Waals surface area contributed by atoms with Gasteiger partial charge in [-0.15, -0.1) is 0 Å². The number of nitrogens with one attached hydrogen (secondary N) is 1. The molecule has 1 atom stereocenters. The third kappa shape index (κ3) is 2.99. The predicted molar refractivity (Wildman–Crippen MR) is 77.1 cm³/mol. The summed E-state index contributed by atoms with van der Waals surface area (Å²) in [6, 6.07) is 5.39. The van der Waals surface area contributed by atoms with Crippen molar-refractivity contribution in [2.75, 3.05) is 11.9 Å². The van der Waals surface area contributed by atoms with Crippen LogP contribution in [0.2, 0.25) is 0 Å². The minimum Gasteiger partial charge on any atom is -0.387 e. The second-order valence-corrected chi connectivity index (χ2v) is 4.69. The van der Waals surface area contributed by atoms with Crippen LogP contribution in [0.25, 0.3) is 11.0 Å². The first kappa shape index (κ1) is 14.3. The Kier molecular flexibility index (Phi) is 3.88. The van der Waals surface area contributed by atoms with Gasteiger partial charge in [-0.2, -0.15) is 0 Å². The Balaban J connectivity index is 1.75. The highest BCUT2D eigenvalue weighted by Crippen LogP contribution is 2.17. The smallest absolute Gasteiger partial charge is 0.161 e. The zero-order valence-electron chi connectivity index (χ0n) is 11.4. The van der Waals surface area contributed by atoms with Crippen molar-refractivity contribution >= 4 is 16.9 Å². The number of hydrogen-bond acceptors (Lipinski definition) is 5. The molecular weight excluding hydrogens is 290 g/mol. The van der Waals surface area contributed by atoms with Crippen molar-refractivity contribution in [1.82, 2.24) is 15.0 Å². The Morgan fingerprint density at radius 3 is 2.50 bits per heavy atom. The van der Waals surface area contributed by atoms with Crippen LogP contribution < -0.4 is 5.32 Å². The van der Waals surface area contributed by atoms with Gasteiger partial charge in [-0.1, -0.05) is 0 Å². The van der Waals surface area contributed by atoms with Gasteiger partial charge in [0.25, 0.3) is 0 Å². The van der Waals surface area contributed by atoms with E-state index in [1.54, 1.807) is 24.5 Å². The number of aromatic nitrogens is 3. The Labute approximate surface area is 124 Å². The Morgan fingerprint density at radius 2 is 1.77 bits per heavy atom. The summed E-state index contributed by atoms with van der Waals surface area (Å²) in [6.07, 6.45) is 3.83. The summed E-state index contributed by atoms with van der Waals surface area (Å²) in [4.78, 5) is 12.0. The fourth-order valence-electron chi connectivity index (χ4n) is 2.00. The van der Waals surface area contributed by atoms with E-state index >= 15 is 0 Å². The summed E-state index contributed by atoms with van der Waals surface area (Å²) in [5.74, 6) is -1.57. The number of hydrogen-bond donors (Lipinski definition) is 2. The fraction of sp³-hybridized carbons (Fsp3) is 0.133. The number of pyridine rings is 1. The predicted octanol–water partition coefficient (Wildman–Crippen LogP) is 2.45. The van der Waals surface area contributed by atoms with Crippen molar-refractivity contribution in [2.24, 2.45) is 0 Å². The highest BCUT2D eigenvalue weighted by atomic mass is 19.2. The van der Waals surface area contributed by atoms with Crippen molar-refractivity contribution in [3.63, 3.8) is 0 Å². The van der Waals surface area contributed by atoms with Crippen LogP contribution in [0, 0.1) is 11.6 Å². The van der Waals surface area contributed by atoms with E-state index in [-0.39, 0.29) is 17.6 Å². The number of fused-ring (bicyclic) bond motifs is 1. The number of nitrogens with zero attached hydrogens (tertiary/aromatic N) is 3. The Bertz CT molecular complexity index is 798. The average Bonchev–Trinajstić information content (AvgIpc) is 2.54. The van der Waals surface area contributed by atoms with Gasteiger partial charge in [0.05, 0.1) is 23.3 Å². The molecule has 0 fully saturated rings. The molecule has 0 amide bonds. The zero-order valence-corrected chi connectivity index (χ0v) is 11.4.